The molecule has 0 radical (unpaired) electrons. The predicted octanol–water partition coefficient (Wildman–Crippen LogP) is 3.65. The number of hydrogen-bond donors (Lipinski definition) is 2. The van der Waals surface area contributed by atoms with E-state index in [-0.39, 0.29) is 10.6 Å². The largest absolute Gasteiger partial charge is 0.507 e. The summed E-state index contributed by atoms with van der Waals surface area (Å²) in [6, 6.07) is 11.7. The summed E-state index contributed by atoms with van der Waals surface area (Å²) in [4.78, 5) is -0.132. The standard InChI is InChI=1S/C16H18O4S/c1-2-3-7-13-10-15(17)14(11-16(13)21(18,19)20)12-8-5-4-6-9-12/h4-6,8-11,17H,2-3,7H2,1H3,(H,18,19,20). The fourth-order valence-corrected chi connectivity index (χ4v) is 3.02. The number of rotatable bonds is 5. The molecule has 4 nitrogen and oxygen atoms in total. The van der Waals surface area contributed by atoms with E-state index < -0.39 is 10.1 Å². The zero-order valence-electron chi connectivity index (χ0n) is 11.8. The summed E-state index contributed by atoms with van der Waals surface area (Å²) in [6.07, 6.45) is 2.17. The van der Waals surface area contributed by atoms with E-state index in [1.165, 1.54) is 12.1 Å². The molecule has 0 unspecified atom stereocenters. The molecule has 0 aliphatic carbocycles. The fourth-order valence-electron chi connectivity index (χ4n) is 2.26. The Kier molecular flexibility index (Phi) is 4.65. The van der Waals surface area contributed by atoms with Gasteiger partial charge in [-0.1, -0.05) is 43.7 Å². The molecular formula is C16H18O4S. The Bertz CT molecular complexity index is 721. The fraction of sp³-hybridized carbons (Fsp3) is 0.250. The monoisotopic (exact) mass is 306 g/mol. The molecule has 0 saturated carbocycles. The molecule has 0 bridgehead atoms. The van der Waals surface area contributed by atoms with Crippen LogP contribution in [0.1, 0.15) is 25.3 Å². The Morgan fingerprint density at radius 1 is 1.10 bits per heavy atom. The first-order valence-corrected chi connectivity index (χ1v) is 8.26. The van der Waals surface area contributed by atoms with E-state index in [9.17, 15) is 18.1 Å². The van der Waals surface area contributed by atoms with Gasteiger partial charge in [0.05, 0.1) is 4.90 Å². The lowest BCUT2D eigenvalue weighted by Gasteiger charge is -2.12. The first-order valence-electron chi connectivity index (χ1n) is 6.82. The molecule has 0 fully saturated rings. The zero-order valence-corrected chi connectivity index (χ0v) is 12.6. The van der Waals surface area contributed by atoms with Crippen LogP contribution in [0.25, 0.3) is 11.1 Å². The lowest BCUT2D eigenvalue weighted by molar-refractivity contribution is 0.472. The SMILES string of the molecule is CCCCc1cc(O)c(-c2ccccc2)cc1S(=O)(=O)O. The lowest BCUT2D eigenvalue weighted by atomic mass is 10.0. The lowest BCUT2D eigenvalue weighted by Crippen LogP contribution is -2.04. The summed E-state index contributed by atoms with van der Waals surface area (Å²) in [7, 11) is -4.32. The van der Waals surface area contributed by atoms with Crippen LogP contribution >= 0.6 is 0 Å². The minimum atomic E-state index is -4.32. The van der Waals surface area contributed by atoms with Crippen molar-refractivity contribution in [2.45, 2.75) is 31.1 Å². The minimum Gasteiger partial charge on any atom is -0.507 e. The number of phenolic OH excluding ortho intramolecular Hbond substituents is 1. The molecule has 0 saturated heterocycles. The predicted molar refractivity (Wildman–Crippen MR) is 82.0 cm³/mol. The average Bonchev–Trinajstić information content (AvgIpc) is 2.44. The molecular weight excluding hydrogens is 288 g/mol. The highest BCUT2D eigenvalue weighted by Gasteiger charge is 2.19. The summed E-state index contributed by atoms with van der Waals surface area (Å²) >= 11 is 0. The Labute approximate surface area is 124 Å². The molecule has 21 heavy (non-hydrogen) atoms. The van der Waals surface area contributed by atoms with Gasteiger partial charge in [0, 0.05) is 5.56 Å². The van der Waals surface area contributed by atoms with Crippen LogP contribution in [0.4, 0.5) is 0 Å². The van der Waals surface area contributed by atoms with E-state index in [1.807, 2.05) is 13.0 Å². The summed E-state index contributed by atoms with van der Waals surface area (Å²) in [5.74, 6) is 0.0136. The Morgan fingerprint density at radius 2 is 1.76 bits per heavy atom. The van der Waals surface area contributed by atoms with Gasteiger partial charge in [0.25, 0.3) is 10.1 Å². The van der Waals surface area contributed by atoms with E-state index in [1.54, 1.807) is 24.3 Å². The zero-order chi connectivity index (χ0) is 15.5. The molecule has 5 heteroatoms. The third-order valence-electron chi connectivity index (χ3n) is 3.34. The van der Waals surface area contributed by atoms with E-state index in [0.29, 0.717) is 23.1 Å². The maximum atomic E-state index is 11.6. The van der Waals surface area contributed by atoms with Crippen LogP contribution in [-0.4, -0.2) is 18.1 Å². The first kappa shape index (κ1) is 15.5. The van der Waals surface area contributed by atoms with Gasteiger partial charge in [0.2, 0.25) is 0 Å². The number of benzene rings is 2. The number of phenols is 1. The highest BCUT2D eigenvalue weighted by Crippen LogP contribution is 2.34. The van der Waals surface area contributed by atoms with Crippen LogP contribution < -0.4 is 0 Å². The summed E-state index contributed by atoms with van der Waals surface area (Å²) in [5.41, 5.74) is 1.53. The molecule has 0 amide bonds. The van der Waals surface area contributed by atoms with Crippen LogP contribution in [0.5, 0.6) is 5.75 Å². The van der Waals surface area contributed by atoms with Crippen molar-refractivity contribution in [3.63, 3.8) is 0 Å². The molecule has 2 aromatic carbocycles. The highest BCUT2D eigenvalue weighted by atomic mass is 32.2. The van der Waals surface area contributed by atoms with Crippen molar-refractivity contribution in [3.8, 4) is 16.9 Å². The van der Waals surface area contributed by atoms with E-state index in [0.717, 1.165) is 12.8 Å². The first-order chi connectivity index (χ1) is 9.93. The molecule has 0 spiro atoms. The Balaban J connectivity index is 2.60. The van der Waals surface area contributed by atoms with Gasteiger partial charge in [-0.15, -0.1) is 0 Å². The maximum Gasteiger partial charge on any atom is 0.294 e. The number of aromatic hydroxyl groups is 1. The topological polar surface area (TPSA) is 74.6 Å². The van der Waals surface area contributed by atoms with E-state index in [2.05, 4.69) is 0 Å². The molecule has 0 aliphatic rings. The van der Waals surface area contributed by atoms with E-state index >= 15 is 0 Å². The second-order valence-electron chi connectivity index (χ2n) is 4.92. The number of unbranched alkanes of at least 4 members (excludes halogenated alkanes) is 1. The number of hydrogen-bond acceptors (Lipinski definition) is 3. The molecule has 0 atom stereocenters. The van der Waals surface area contributed by atoms with Crippen molar-refractivity contribution in [2.24, 2.45) is 0 Å². The van der Waals surface area contributed by atoms with Crippen molar-refractivity contribution in [3.05, 3.63) is 48.0 Å². The van der Waals surface area contributed by atoms with Crippen LogP contribution in [0.15, 0.2) is 47.4 Å². The second-order valence-corrected chi connectivity index (χ2v) is 6.31. The van der Waals surface area contributed by atoms with Crippen molar-refractivity contribution < 1.29 is 18.1 Å². The molecule has 0 heterocycles. The summed E-state index contributed by atoms with van der Waals surface area (Å²) in [6.45, 7) is 1.99. The number of aryl methyl sites for hydroxylation is 1. The molecule has 0 aromatic heterocycles. The summed E-state index contributed by atoms with van der Waals surface area (Å²) in [5, 5.41) is 10.2. The maximum absolute atomic E-state index is 11.6. The smallest absolute Gasteiger partial charge is 0.294 e. The third-order valence-corrected chi connectivity index (χ3v) is 4.28. The van der Waals surface area contributed by atoms with Crippen molar-refractivity contribution in [1.82, 2.24) is 0 Å². The van der Waals surface area contributed by atoms with Gasteiger partial charge in [-0.25, -0.2) is 0 Å². The van der Waals surface area contributed by atoms with Gasteiger partial charge < -0.3 is 5.11 Å². The van der Waals surface area contributed by atoms with Crippen molar-refractivity contribution in [1.29, 1.82) is 0 Å². The van der Waals surface area contributed by atoms with Gasteiger partial charge >= 0.3 is 0 Å². The summed E-state index contributed by atoms with van der Waals surface area (Å²) < 4.78 is 32.6. The van der Waals surface area contributed by atoms with Gasteiger partial charge in [-0.3, -0.25) is 4.55 Å². The average molecular weight is 306 g/mol. The molecule has 2 N–H and O–H groups in total. The molecule has 0 aliphatic heterocycles. The van der Waals surface area contributed by atoms with Gasteiger partial charge in [0.15, 0.2) is 0 Å². The highest BCUT2D eigenvalue weighted by molar-refractivity contribution is 7.85. The van der Waals surface area contributed by atoms with Gasteiger partial charge in [-0.05, 0) is 36.1 Å². The van der Waals surface area contributed by atoms with Crippen LogP contribution in [-0.2, 0) is 16.5 Å². The van der Waals surface area contributed by atoms with E-state index in [4.69, 9.17) is 0 Å². The van der Waals surface area contributed by atoms with Crippen LogP contribution in [0.2, 0.25) is 0 Å². The quantitative estimate of drug-likeness (QED) is 0.827. The van der Waals surface area contributed by atoms with Gasteiger partial charge in [-0.2, -0.15) is 8.42 Å². The molecule has 2 aromatic rings. The Hall–Kier alpha value is -1.85. The molecule has 112 valence electrons. The normalized spacial score (nSPS) is 11.5. The minimum absolute atomic E-state index is 0.0136. The van der Waals surface area contributed by atoms with Crippen LogP contribution in [0.3, 0.4) is 0 Å². The Morgan fingerprint density at radius 3 is 2.33 bits per heavy atom. The third kappa shape index (κ3) is 3.62. The van der Waals surface area contributed by atoms with Crippen molar-refractivity contribution in [2.75, 3.05) is 0 Å². The molecule has 2 rings (SSSR count). The van der Waals surface area contributed by atoms with Gasteiger partial charge in [0.1, 0.15) is 5.75 Å². The second kappa shape index (κ2) is 6.28. The van der Waals surface area contributed by atoms with Crippen molar-refractivity contribution >= 4 is 10.1 Å². The van der Waals surface area contributed by atoms with Crippen LogP contribution in [0, 0.1) is 0 Å².